The monoisotopic (exact) mass is 905 g/mol. The van der Waals surface area contributed by atoms with Crippen LogP contribution in [-0.4, -0.2) is 124 Å². The number of halogens is 1. The van der Waals surface area contributed by atoms with Crippen molar-refractivity contribution in [3.8, 4) is 0 Å². The zero-order chi connectivity index (χ0) is 45.6. The summed E-state index contributed by atoms with van der Waals surface area (Å²) in [5.74, 6) is -2.85. The summed E-state index contributed by atoms with van der Waals surface area (Å²) in [6.07, 6.45) is 3.36. The third kappa shape index (κ3) is 12.4. The summed E-state index contributed by atoms with van der Waals surface area (Å²) in [7, 11) is 0. The van der Waals surface area contributed by atoms with E-state index in [-0.39, 0.29) is 121 Å². The molecule has 0 aliphatic heterocycles. The number of anilines is 1. The normalized spacial score (nSPS) is 10.7. The number of pyridine rings is 4. The van der Waals surface area contributed by atoms with Crippen molar-refractivity contribution in [2.24, 2.45) is 0 Å². The second-order valence-corrected chi connectivity index (χ2v) is 14.3. The van der Waals surface area contributed by atoms with Gasteiger partial charge in [-0.3, -0.25) is 38.4 Å². The van der Waals surface area contributed by atoms with E-state index in [9.17, 15) is 59.2 Å². The molecular weight excluding hydrogens is 858 g/mol. The number of rotatable bonds is 20. The smallest absolute Gasteiger partial charge is 0.295 e. The molecule has 64 heavy (non-hydrogen) atoms. The van der Waals surface area contributed by atoms with Crippen LogP contribution in [0.15, 0.2) is 117 Å². The average Bonchev–Trinajstić information content (AvgIpc) is 3.27. The molecule has 5 rings (SSSR count). The van der Waals surface area contributed by atoms with Gasteiger partial charge in [0.15, 0.2) is 0 Å². The van der Waals surface area contributed by atoms with Crippen LogP contribution in [-0.2, 0) is 6.42 Å². The highest BCUT2D eigenvalue weighted by atomic mass is 35.5. The highest BCUT2D eigenvalue weighted by Gasteiger charge is 2.24. The number of nitrogens with two attached hydrogens (primary N) is 1. The van der Waals surface area contributed by atoms with Crippen molar-refractivity contribution in [3.63, 3.8) is 0 Å². The van der Waals surface area contributed by atoms with Gasteiger partial charge in [-0.05, 0) is 86.2 Å². The van der Waals surface area contributed by atoms with Crippen LogP contribution in [0, 0.1) is 0 Å². The second kappa shape index (κ2) is 22.9. The van der Waals surface area contributed by atoms with Crippen molar-refractivity contribution < 1.29 is 40.0 Å². The van der Waals surface area contributed by atoms with Gasteiger partial charge in [0.2, 0.25) is 0 Å². The van der Waals surface area contributed by atoms with E-state index in [1.165, 1.54) is 63.2 Å². The fraction of sp³-hybridized carbons (Fsp3) is 0.286. The van der Waals surface area contributed by atoms with Gasteiger partial charge in [-0.25, -0.2) is 0 Å². The highest BCUT2D eigenvalue weighted by Crippen LogP contribution is 2.12. The SMILES string of the molecule is Cl.Nc1ccc(CCN(CCCN(CCCCN(CCCNC(=O)c2cccc(=O)n2O)C(=O)c2cccc(=O)n2O)C(=O)c2cccn(O)c2=O)C(=O)c2cccn(O)c2=O)cc1. The van der Waals surface area contributed by atoms with Gasteiger partial charge in [-0.2, -0.15) is 9.46 Å². The maximum absolute atomic E-state index is 13.9. The van der Waals surface area contributed by atoms with Crippen molar-refractivity contribution in [1.82, 2.24) is 38.9 Å². The molecule has 0 bridgehead atoms. The quantitative estimate of drug-likeness (QED) is 0.0365. The van der Waals surface area contributed by atoms with Gasteiger partial charge in [-0.1, -0.05) is 24.3 Å². The van der Waals surface area contributed by atoms with Gasteiger partial charge >= 0.3 is 0 Å². The Balaban J connectivity index is 0.00000898. The summed E-state index contributed by atoms with van der Waals surface area (Å²) >= 11 is 0. The molecule has 7 N–H and O–H groups in total. The number of hydrogen-bond acceptors (Lipinski definition) is 13. The minimum absolute atomic E-state index is 0. The standard InChI is InChI=1S/C42H47N9O12.ClH/c43-30-17-15-29(16-18-30)19-28-47(39(56)32-10-6-27-49(61)41(32)58)25-8-24-45(38(55)31-9-5-26-48(60)40(31)57)21-1-2-22-46(42(59)34-12-4-14-36(53)51(34)63)23-7-20-44-37(54)33-11-3-13-35(52)50(33)62;/h3-6,9-18,26-27,60-63H,1-2,7-8,19-25,28,43H2,(H,44,54);1H. The minimum atomic E-state index is -0.964. The first-order valence-electron chi connectivity index (χ1n) is 19.8. The first-order chi connectivity index (χ1) is 30.2. The third-order valence-corrected chi connectivity index (χ3v) is 9.99. The first kappa shape index (κ1) is 48.9. The maximum atomic E-state index is 13.9. The average molecular weight is 906 g/mol. The molecule has 0 aliphatic carbocycles. The molecule has 0 spiro atoms. The Morgan fingerprint density at radius 3 is 1.53 bits per heavy atom. The molecule has 0 radical (unpaired) electrons. The molecule has 4 amide bonds. The van der Waals surface area contributed by atoms with Crippen LogP contribution in [0.25, 0.3) is 0 Å². The van der Waals surface area contributed by atoms with Crippen molar-refractivity contribution in [1.29, 1.82) is 0 Å². The highest BCUT2D eigenvalue weighted by molar-refractivity contribution is 5.95. The summed E-state index contributed by atoms with van der Waals surface area (Å²) in [6.45, 7) is 0.248. The van der Waals surface area contributed by atoms with E-state index in [1.54, 1.807) is 24.3 Å². The molecule has 0 saturated carbocycles. The number of nitrogens with zero attached hydrogens (tertiary/aromatic N) is 7. The van der Waals surface area contributed by atoms with Crippen LogP contribution >= 0.6 is 12.4 Å². The number of carbonyl (C=O) groups excluding carboxylic acids is 4. The Hall–Kier alpha value is -7.81. The molecule has 0 unspecified atom stereocenters. The Bertz CT molecular complexity index is 2680. The topological polar surface area (TPSA) is 285 Å². The zero-order valence-electron chi connectivity index (χ0n) is 34.4. The Morgan fingerprint density at radius 2 is 0.984 bits per heavy atom. The molecule has 340 valence electrons. The number of benzene rings is 1. The van der Waals surface area contributed by atoms with E-state index in [0.717, 1.165) is 30.1 Å². The lowest BCUT2D eigenvalue weighted by molar-refractivity contribution is 0.0666. The fourth-order valence-electron chi connectivity index (χ4n) is 6.60. The van der Waals surface area contributed by atoms with E-state index < -0.39 is 45.9 Å². The molecule has 0 aliphatic rings. The van der Waals surface area contributed by atoms with Crippen LogP contribution in [0.3, 0.4) is 0 Å². The summed E-state index contributed by atoms with van der Waals surface area (Å²) < 4.78 is 0.986. The van der Waals surface area contributed by atoms with Gasteiger partial charge in [-0.15, -0.1) is 21.9 Å². The van der Waals surface area contributed by atoms with Gasteiger partial charge in [0.05, 0.1) is 0 Å². The molecule has 4 aromatic heterocycles. The molecule has 5 aromatic rings. The summed E-state index contributed by atoms with van der Waals surface area (Å²) in [5, 5.41) is 42.8. The lowest BCUT2D eigenvalue weighted by Crippen LogP contribution is -2.41. The number of carbonyl (C=O) groups is 4. The fourth-order valence-corrected chi connectivity index (χ4v) is 6.60. The third-order valence-electron chi connectivity index (χ3n) is 9.99. The molecule has 0 atom stereocenters. The first-order valence-corrected chi connectivity index (χ1v) is 19.8. The van der Waals surface area contributed by atoms with E-state index in [0.29, 0.717) is 16.8 Å². The number of unbranched alkanes of at least 4 members (excludes halogenated alkanes) is 1. The van der Waals surface area contributed by atoms with Crippen molar-refractivity contribution in [2.75, 3.05) is 51.5 Å². The molecule has 4 heterocycles. The van der Waals surface area contributed by atoms with Gasteiger partial charge < -0.3 is 46.6 Å². The van der Waals surface area contributed by atoms with Crippen molar-refractivity contribution in [3.05, 3.63) is 167 Å². The molecule has 0 fully saturated rings. The zero-order valence-corrected chi connectivity index (χ0v) is 35.2. The van der Waals surface area contributed by atoms with Crippen molar-refractivity contribution in [2.45, 2.75) is 32.1 Å². The Labute approximate surface area is 370 Å². The predicted molar refractivity (Wildman–Crippen MR) is 232 cm³/mol. The molecule has 1 aromatic carbocycles. The predicted octanol–water partition coefficient (Wildman–Crippen LogP) is 1.25. The molecule has 0 saturated heterocycles. The Kier molecular flexibility index (Phi) is 17.5. The lowest BCUT2D eigenvalue weighted by atomic mass is 10.1. The largest absolute Gasteiger partial charge is 0.425 e. The van der Waals surface area contributed by atoms with Crippen LogP contribution < -0.4 is 33.3 Å². The Morgan fingerprint density at radius 1 is 0.531 bits per heavy atom. The minimum Gasteiger partial charge on any atom is -0.425 e. The van der Waals surface area contributed by atoms with Crippen LogP contribution in [0.1, 0.15) is 72.9 Å². The van der Waals surface area contributed by atoms with Crippen LogP contribution in [0.4, 0.5) is 5.69 Å². The summed E-state index contributed by atoms with van der Waals surface area (Å²) in [4.78, 5) is 107. The van der Waals surface area contributed by atoms with Crippen LogP contribution in [0.5, 0.6) is 0 Å². The maximum Gasteiger partial charge on any atom is 0.295 e. The van der Waals surface area contributed by atoms with E-state index in [2.05, 4.69) is 5.32 Å². The summed E-state index contributed by atoms with van der Waals surface area (Å²) in [6, 6.07) is 19.5. The lowest BCUT2D eigenvalue weighted by Gasteiger charge is -2.27. The van der Waals surface area contributed by atoms with E-state index in [1.807, 2.05) is 0 Å². The molecule has 22 heteroatoms. The van der Waals surface area contributed by atoms with E-state index >= 15 is 0 Å². The number of nitrogens with one attached hydrogen (secondary N) is 1. The number of nitrogen functional groups attached to an aromatic ring is 1. The number of aromatic nitrogens is 4. The number of hydrogen-bond donors (Lipinski definition) is 6. The summed E-state index contributed by atoms with van der Waals surface area (Å²) in [5.41, 5.74) is 2.45. The second-order valence-electron chi connectivity index (χ2n) is 14.3. The van der Waals surface area contributed by atoms with E-state index in [4.69, 9.17) is 5.73 Å². The van der Waals surface area contributed by atoms with Gasteiger partial charge in [0.25, 0.3) is 45.9 Å². The van der Waals surface area contributed by atoms with Crippen LogP contribution in [0.2, 0.25) is 0 Å². The van der Waals surface area contributed by atoms with Gasteiger partial charge in [0.1, 0.15) is 22.5 Å². The van der Waals surface area contributed by atoms with Crippen molar-refractivity contribution >= 4 is 41.7 Å². The molecular formula is C42H48ClN9O12. The van der Waals surface area contributed by atoms with Gasteiger partial charge in [0, 0.05) is 76.0 Å². The molecule has 21 nitrogen and oxygen atoms in total. The number of amides is 4.